The molecule has 114 valence electrons. The first-order valence-corrected chi connectivity index (χ1v) is 6.59. The lowest BCUT2D eigenvalue weighted by atomic mass is 9.98. The van der Waals surface area contributed by atoms with Crippen molar-refractivity contribution in [3.63, 3.8) is 0 Å². The number of benzene rings is 2. The van der Waals surface area contributed by atoms with Crippen molar-refractivity contribution in [2.75, 3.05) is 0 Å². The van der Waals surface area contributed by atoms with Gasteiger partial charge in [-0.3, -0.25) is 0 Å². The molecule has 0 saturated carbocycles. The lowest BCUT2D eigenvalue weighted by Gasteiger charge is -2.13. The van der Waals surface area contributed by atoms with Gasteiger partial charge in [0, 0.05) is 11.5 Å². The third-order valence-electron chi connectivity index (χ3n) is 3.13. The predicted molar refractivity (Wildman–Crippen MR) is 81.8 cm³/mol. The zero-order chi connectivity index (χ0) is 16.4. The Labute approximate surface area is 126 Å². The van der Waals surface area contributed by atoms with Crippen LogP contribution in [0.25, 0.3) is 10.8 Å². The van der Waals surface area contributed by atoms with Gasteiger partial charge in [0.15, 0.2) is 6.04 Å². The van der Waals surface area contributed by atoms with E-state index in [1.165, 1.54) is 12.1 Å². The SMILES string of the molecule is CC(C)C#CC(N=O)c1cc(O)c2c(O)ccc(O)c2c1O. The van der Waals surface area contributed by atoms with Crippen molar-refractivity contribution in [1.82, 2.24) is 0 Å². The van der Waals surface area contributed by atoms with E-state index in [2.05, 4.69) is 17.0 Å². The number of aromatic hydroxyl groups is 4. The molecule has 22 heavy (non-hydrogen) atoms. The van der Waals surface area contributed by atoms with Crippen molar-refractivity contribution in [3.8, 4) is 34.8 Å². The monoisotopic (exact) mass is 301 g/mol. The minimum absolute atomic E-state index is 0.00195. The third-order valence-corrected chi connectivity index (χ3v) is 3.13. The van der Waals surface area contributed by atoms with E-state index in [1.54, 1.807) is 0 Å². The quantitative estimate of drug-likeness (QED) is 0.387. The highest BCUT2D eigenvalue weighted by Crippen LogP contribution is 2.46. The number of nitrogens with zero attached hydrogens (tertiary/aromatic N) is 1. The summed E-state index contributed by atoms with van der Waals surface area (Å²) in [6.45, 7) is 3.66. The molecule has 4 N–H and O–H groups in total. The first kappa shape index (κ1) is 15.4. The highest BCUT2D eigenvalue weighted by atomic mass is 16.3. The van der Waals surface area contributed by atoms with E-state index in [0.717, 1.165) is 6.07 Å². The van der Waals surface area contributed by atoms with E-state index < -0.39 is 17.5 Å². The Bertz CT molecular complexity index is 802. The van der Waals surface area contributed by atoms with Crippen molar-refractivity contribution >= 4 is 10.8 Å². The average molecular weight is 301 g/mol. The lowest BCUT2D eigenvalue weighted by molar-refractivity contribution is 0.443. The van der Waals surface area contributed by atoms with Crippen molar-refractivity contribution in [3.05, 3.63) is 28.7 Å². The maximum Gasteiger partial charge on any atom is 0.181 e. The van der Waals surface area contributed by atoms with Gasteiger partial charge >= 0.3 is 0 Å². The van der Waals surface area contributed by atoms with E-state index in [-0.39, 0.29) is 33.8 Å². The second-order valence-electron chi connectivity index (χ2n) is 5.14. The van der Waals surface area contributed by atoms with Crippen molar-refractivity contribution in [2.24, 2.45) is 11.1 Å². The summed E-state index contributed by atoms with van der Waals surface area (Å²) in [4.78, 5) is 11.0. The first-order valence-electron chi connectivity index (χ1n) is 6.59. The maximum atomic E-state index is 11.0. The molecule has 0 aliphatic rings. The van der Waals surface area contributed by atoms with Crippen LogP contribution in [-0.4, -0.2) is 20.4 Å². The summed E-state index contributed by atoms with van der Waals surface area (Å²) in [6, 6.07) is 2.27. The maximum absolute atomic E-state index is 11.0. The van der Waals surface area contributed by atoms with Crippen LogP contribution in [0.15, 0.2) is 23.4 Å². The molecule has 0 heterocycles. The lowest BCUT2D eigenvalue weighted by Crippen LogP contribution is -1.95. The zero-order valence-electron chi connectivity index (χ0n) is 12.0. The molecule has 1 unspecified atom stereocenters. The zero-order valence-corrected chi connectivity index (χ0v) is 12.0. The number of phenolic OH excluding ortho intramolecular Hbond substituents is 4. The molecule has 6 nitrogen and oxygen atoms in total. The van der Waals surface area contributed by atoms with Gasteiger partial charge in [-0.05, 0) is 23.4 Å². The minimum atomic E-state index is -1.19. The molecule has 0 bridgehead atoms. The number of nitroso groups, excluding NO2 is 1. The van der Waals surface area contributed by atoms with E-state index in [0.29, 0.717) is 0 Å². The highest BCUT2D eigenvalue weighted by molar-refractivity contribution is 6.02. The molecule has 0 aliphatic carbocycles. The molecule has 2 aromatic rings. The van der Waals surface area contributed by atoms with E-state index in [9.17, 15) is 25.3 Å². The summed E-state index contributed by atoms with van der Waals surface area (Å²) in [6.07, 6.45) is 0. The number of hydrogen-bond donors (Lipinski definition) is 4. The van der Waals surface area contributed by atoms with Gasteiger partial charge in [-0.1, -0.05) is 25.7 Å². The van der Waals surface area contributed by atoms with E-state index in [1.807, 2.05) is 13.8 Å². The third kappa shape index (κ3) is 2.61. The highest BCUT2D eigenvalue weighted by Gasteiger charge is 2.22. The normalized spacial score (nSPS) is 12.0. The topological polar surface area (TPSA) is 110 Å². The Kier molecular flexibility index (Phi) is 4.08. The summed E-state index contributed by atoms with van der Waals surface area (Å²) in [5.41, 5.74) is -0.0333. The Morgan fingerprint density at radius 1 is 0.955 bits per heavy atom. The van der Waals surface area contributed by atoms with Crippen LogP contribution in [0.1, 0.15) is 25.5 Å². The van der Waals surface area contributed by atoms with Gasteiger partial charge in [-0.25, -0.2) is 0 Å². The van der Waals surface area contributed by atoms with E-state index in [4.69, 9.17) is 0 Å². The summed E-state index contributed by atoms with van der Waals surface area (Å²) in [7, 11) is 0. The molecule has 2 rings (SSSR count). The van der Waals surface area contributed by atoms with Crippen molar-refractivity contribution < 1.29 is 20.4 Å². The summed E-state index contributed by atoms with van der Waals surface area (Å²) in [5.74, 6) is 3.87. The summed E-state index contributed by atoms with van der Waals surface area (Å²) in [5, 5.41) is 42.6. The van der Waals surface area contributed by atoms with Crippen LogP contribution in [-0.2, 0) is 0 Å². The molecule has 0 spiro atoms. The molecular formula is C16H15NO5. The van der Waals surface area contributed by atoms with Gasteiger partial charge in [0.1, 0.15) is 23.0 Å². The molecule has 2 aromatic carbocycles. The Balaban J connectivity index is 2.77. The Morgan fingerprint density at radius 3 is 2.09 bits per heavy atom. The minimum Gasteiger partial charge on any atom is -0.507 e. The molecule has 0 fully saturated rings. The van der Waals surface area contributed by atoms with Crippen LogP contribution < -0.4 is 0 Å². The fourth-order valence-corrected chi connectivity index (χ4v) is 2.13. The van der Waals surface area contributed by atoms with Crippen LogP contribution in [0.3, 0.4) is 0 Å². The summed E-state index contributed by atoms with van der Waals surface area (Å²) < 4.78 is 0. The van der Waals surface area contributed by atoms with Gasteiger partial charge in [-0.2, -0.15) is 0 Å². The molecule has 0 radical (unpaired) electrons. The molecule has 6 heteroatoms. The van der Waals surface area contributed by atoms with Gasteiger partial charge in [0.05, 0.1) is 10.8 Å². The van der Waals surface area contributed by atoms with Gasteiger partial charge in [-0.15, -0.1) is 4.91 Å². The Morgan fingerprint density at radius 2 is 1.55 bits per heavy atom. The van der Waals surface area contributed by atoms with Crippen LogP contribution in [0, 0.1) is 22.7 Å². The molecule has 0 aromatic heterocycles. The van der Waals surface area contributed by atoms with Gasteiger partial charge in [0.25, 0.3) is 0 Å². The van der Waals surface area contributed by atoms with Gasteiger partial charge < -0.3 is 20.4 Å². The van der Waals surface area contributed by atoms with Crippen molar-refractivity contribution in [1.29, 1.82) is 0 Å². The van der Waals surface area contributed by atoms with Crippen molar-refractivity contribution in [2.45, 2.75) is 19.9 Å². The standard InChI is InChI=1S/C16H15NO5/c1-8(2)3-4-10(17-22)9-7-13(20)14-11(18)5-6-12(19)15(14)16(9)21/h5-8,10,18-21H,1-2H3. The number of hydrogen-bond acceptors (Lipinski definition) is 6. The average Bonchev–Trinajstić information content (AvgIpc) is 2.46. The second kappa shape index (κ2) is 5.82. The van der Waals surface area contributed by atoms with Crippen LogP contribution in [0.2, 0.25) is 0 Å². The van der Waals surface area contributed by atoms with Crippen LogP contribution in [0.5, 0.6) is 23.0 Å². The van der Waals surface area contributed by atoms with E-state index >= 15 is 0 Å². The fraction of sp³-hybridized carbons (Fsp3) is 0.250. The second-order valence-corrected chi connectivity index (χ2v) is 5.14. The summed E-state index contributed by atoms with van der Waals surface area (Å²) >= 11 is 0. The first-order chi connectivity index (χ1) is 10.4. The Hall–Kier alpha value is -2.94. The largest absolute Gasteiger partial charge is 0.507 e. The molecule has 0 aliphatic heterocycles. The smallest absolute Gasteiger partial charge is 0.181 e. The number of rotatable bonds is 2. The molecule has 0 saturated heterocycles. The molecule has 1 atom stereocenters. The number of phenols is 4. The van der Waals surface area contributed by atoms with Crippen LogP contribution in [0.4, 0.5) is 0 Å². The van der Waals surface area contributed by atoms with Gasteiger partial charge in [0.2, 0.25) is 0 Å². The number of fused-ring (bicyclic) bond motifs is 1. The van der Waals surface area contributed by atoms with Crippen LogP contribution >= 0.6 is 0 Å². The predicted octanol–water partition coefficient (Wildman–Crippen LogP) is 3.13. The molecule has 0 amide bonds. The molecular weight excluding hydrogens is 286 g/mol. The fourth-order valence-electron chi connectivity index (χ4n) is 2.13.